The molecule has 0 aromatic heterocycles. The molecule has 0 N–H and O–H groups in total. The molecule has 0 saturated heterocycles. The summed E-state index contributed by atoms with van der Waals surface area (Å²) in [5.41, 5.74) is 2.56. The highest BCUT2D eigenvalue weighted by Crippen LogP contribution is 2.27. The topological polar surface area (TPSA) is 69.7 Å². The van der Waals surface area contributed by atoms with Crippen LogP contribution in [0.2, 0.25) is 0 Å². The molecule has 0 atom stereocenters. The average Bonchev–Trinajstić information content (AvgIpc) is 2.81. The molecule has 3 aromatic carbocycles. The number of carbonyl (C=O) groups excluding carboxylic acids is 3. The molecule has 176 valence electrons. The molecule has 0 fully saturated rings. The zero-order valence-corrected chi connectivity index (χ0v) is 20.5. The van der Waals surface area contributed by atoms with Crippen LogP contribution in [0.3, 0.4) is 0 Å². The largest absolute Gasteiger partial charge is 0.387 e. The number of hydrogen-bond acceptors (Lipinski definition) is 5. The van der Waals surface area contributed by atoms with Crippen molar-refractivity contribution >= 4 is 17.7 Å². The summed E-state index contributed by atoms with van der Waals surface area (Å²) < 4.78 is 0. The second kappa shape index (κ2) is 9.64. The Morgan fingerprint density at radius 1 is 0.559 bits per heavy atom. The molecule has 5 heteroatoms. The van der Waals surface area contributed by atoms with E-state index in [0.717, 1.165) is 11.1 Å². The van der Waals surface area contributed by atoms with Crippen LogP contribution in [0.25, 0.3) is 0 Å². The predicted octanol–water partition coefficient (Wildman–Crippen LogP) is 6.44. The lowest BCUT2D eigenvalue weighted by atomic mass is 9.84. The van der Waals surface area contributed by atoms with E-state index in [1.807, 2.05) is 39.0 Å². The van der Waals surface area contributed by atoms with Gasteiger partial charge in [0.2, 0.25) is 0 Å². The van der Waals surface area contributed by atoms with E-state index in [0.29, 0.717) is 5.56 Å². The highest BCUT2D eigenvalue weighted by atomic mass is 17.2. The van der Waals surface area contributed by atoms with Crippen molar-refractivity contribution in [2.75, 3.05) is 0 Å². The molecular weight excluding hydrogens is 428 g/mol. The molecule has 0 radical (unpaired) electrons. The van der Waals surface area contributed by atoms with Crippen LogP contribution in [-0.2, 0) is 20.6 Å². The molecule has 34 heavy (non-hydrogen) atoms. The summed E-state index contributed by atoms with van der Waals surface area (Å²) in [5.74, 6) is -2.03. The van der Waals surface area contributed by atoms with Gasteiger partial charge in [-0.15, -0.1) is 0 Å². The van der Waals surface area contributed by atoms with Gasteiger partial charge in [0, 0.05) is 11.1 Å². The first-order chi connectivity index (χ1) is 15.9. The molecular formula is C29H30O5. The van der Waals surface area contributed by atoms with Gasteiger partial charge in [-0.2, -0.15) is 0 Å². The van der Waals surface area contributed by atoms with Gasteiger partial charge in [-0.25, -0.2) is 19.4 Å². The van der Waals surface area contributed by atoms with E-state index in [2.05, 4.69) is 20.8 Å². The molecule has 0 aliphatic heterocycles. The highest BCUT2D eigenvalue weighted by molar-refractivity contribution is 6.14. The summed E-state index contributed by atoms with van der Waals surface area (Å²) in [6, 6.07) is 20.6. The monoisotopic (exact) mass is 458 g/mol. The quantitative estimate of drug-likeness (QED) is 0.256. The SMILES string of the molecule is CC(C)(C)c1ccc(C(=O)OOC(=O)c2ccc(C(C)(C)C)cc2C(=O)c2ccccc2)cc1. The summed E-state index contributed by atoms with van der Waals surface area (Å²) in [6.45, 7) is 12.3. The van der Waals surface area contributed by atoms with E-state index in [1.165, 1.54) is 6.07 Å². The van der Waals surface area contributed by atoms with Gasteiger partial charge in [-0.1, -0.05) is 90.1 Å². The fraction of sp³-hybridized carbons (Fsp3) is 0.276. The van der Waals surface area contributed by atoms with Crippen molar-refractivity contribution in [2.45, 2.75) is 52.4 Å². The van der Waals surface area contributed by atoms with Gasteiger partial charge in [0.15, 0.2) is 5.78 Å². The Labute approximate surface area is 200 Å². The summed E-state index contributed by atoms with van der Waals surface area (Å²) in [4.78, 5) is 48.1. The Morgan fingerprint density at radius 2 is 1.09 bits per heavy atom. The molecule has 0 saturated carbocycles. The van der Waals surface area contributed by atoms with Crippen LogP contribution < -0.4 is 0 Å². The van der Waals surface area contributed by atoms with E-state index in [-0.39, 0.29) is 33.3 Å². The van der Waals surface area contributed by atoms with Crippen LogP contribution in [-0.4, -0.2) is 17.7 Å². The molecule has 0 heterocycles. The van der Waals surface area contributed by atoms with E-state index >= 15 is 0 Å². The van der Waals surface area contributed by atoms with Crippen molar-refractivity contribution in [1.82, 2.24) is 0 Å². The Hall–Kier alpha value is -3.73. The first kappa shape index (κ1) is 24.9. The maximum absolute atomic E-state index is 13.2. The Bertz CT molecular complexity index is 1190. The number of rotatable bonds is 4. The van der Waals surface area contributed by atoms with Crippen molar-refractivity contribution < 1.29 is 24.2 Å². The minimum absolute atomic E-state index is 0.0257. The summed E-state index contributed by atoms with van der Waals surface area (Å²) in [5, 5.41) is 0. The fourth-order valence-corrected chi connectivity index (χ4v) is 3.40. The summed E-state index contributed by atoms with van der Waals surface area (Å²) in [6.07, 6.45) is 0. The van der Waals surface area contributed by atoms with Crippen LogP contribution in [0.5, 0.6) is 0 Å². The predicted molar refractivity (Wildman–Crippen MR) is 131 cm³/mol. The molecule has 3 rings (SSSR count). The van der Waals surface area contributed by atoms with Crippen LogP contribution >= 0.6 is 0 Å². The number of ketones is 1. The standard InChI is InChI=1S/C29H30O5/c1-28(2,3)21-14-12-20(13-15-21)26(31)33-34-27(32)23-17-16-22(29(4,5)6)18-24(23)25(30)19-10-8-7-9-11-19/h7-18H,1-6H3. The number of carbonyl (C=O) groups is 3. The van der Waals surface area contributed by atoms with E-state index in [9.17, 15) is 14.4 Å². The van der Waals surface area contributed by atoms with Gasteiger partial charge >= 0.3 is 11.9 Å². The van der Waals surface area contributed by atoms with Crippen LogP contribution in [0, 0.1) is 0 Å². The lowest BCUT2D eigenvalue weighted by Crippen LogP contribution is -2.18. The Morgan fingerprint density at radius 3 is 1.65 bits per heavy atom. The van der Waals surface area contributed by atoms with Crippen molar-refractivity contribution in [2.24, 2.45) is 0 Å². The normalized spacial score (nSPS) is 11.6. The van der Waals surface area contributed by atoms with Gasteiger partial charge in [0.25, 0.3) is 0 Å². The molecule has 0 aliphatic carbocycles. The second-order valence-electron chi connectivity index (χ2n) is 10.3. The third kappa shape index (κ3) is 5.79. The lowest BCUT2D eigenvalue weighted by molar-refractivity contribution is -0.187. The third-order valence-electron chi connectivity index (χ3n) is 5.57. The van der Waals surface area contributed by atoms with E-state index < -0.39 is 11.9 Å². The number of benzene rings is 3. The molecule has 0 spiro atoms. The van der Waals surface area contributed by atoms with Crippen LogP contribution in [0.1, 0.15) is 89.3 Å². The van der Waals surface area contributed by atoms with Gasteiger partial charge in [-0.3, -0.25) is 4.79 Å². The zero-order valence-electron chi connectivity index (χ0n) is 20.5. The Balaban J connectivity index is 1.83. The van der Waals surface area contributed by atoms with Crippen molar-refractivity contribution in [3.05, 3.63) is 106 Å². The van der Waals surface area contributed by atoms with Gasteiger partial charge in [0.05, 0.1) is 11.1 Å². The molecule has 3 aromatic rings. The molecule has 5 nitrogen and oxygen atoms in total. The molecule has 0 aliphatic rings. The minimum atomic E-state index is -0.917. The maximum atomic E-state index is 13.2. The first-order valence-corrected chi connectivity index (χ1v) is 11.2. The van der Waals surface area contributed by atoms with Gasteiger partial charge in [-0.05, 0) is 46.2 Å². The maximum Gasteiger partial charge on any atom is 0.387 e. The molecule has 0 unspecified atom stereocenters. The zero-order chi connectivity index (χ0) is 25.1. The third-order valence-corrected chi connectivity index (χ3v) is 5.57. The summed E-state index contributed by atoms with van der Waals surface area (Å²) >= 11 is 0. The number of hydrogen-bond donors (Lipinski definition) is 0. The van der Waals surface area contributed by atoms with E-state index in [1.54, 1.807) is 48.5 Å². The molecule has 0 amide bonds. The fourth-order valence-electron chi connectivity index (χ4n) is 3.40. The van der Waals surface area contributed by atoms with Crippen molar-refractivity contribution in [3.63, 3.8) is 0 Å². The highest BCUT2D eigenvalue weighted by Gasteiger charge is 2.25. The van der Waals surface area contributed by atoms with Crippen LogP contribution in [0.15, 0.2) is 72.8 Å². The van der Waals surface area contributed by atoms with Crippen LogP contribution in [0.4, 0.5) is 0 Å². The summed E-state index contributed by atoms with van der Waals surface area (Å²) in [7, 11) is 0. The second-order valence-corrected chi connectivity index (χ2v) is 10.3. The van der Waals surface area contributed by atoms with Crippen molar-refractivity contribution in [3.8, 4) is 0 Å². The van der Waals surface area contributed by atoms with Gasteiger partial charge < -0.3 is 0 Å². The lowest BCUT2D eigenvalue weighted by Gasteiger charge is -2.20. The van der Waals surface area contributed by atoms with Crippen molar-refractivity contribution in [1.29, 1.82) is 0 Å². The first-order valence-electron chi connectivity index (χ1n) is 11.2. The Kier molecular flexibility index (Phi) is 7.06. The molecule has 0 bridgehead atoms. The minimum Gasteiger partial charge on any atom is -0.289 e. The average molecular weight is 459 g/mol. The smallest absolute Gasteiger partial charge is 0.289 e. The van der Waals surface area contributed by atoms with E-state index in [4.69, 9.17) is 9.78 Å². The van der Waals surface area contributed by atoms with Gasteiger partial charge in [0.1, 0.15) is 0 Å².